The molecule has 0 radical (unpaired) electrons. The van der Waals surface area contributed by atoms with E-state index in [-0.39, 0.29) is 6.54 Å². The topological polar surface area (TPSA) is 66.3 Å². The lowest BCUT2D eigenvalue weighted by Gasteiger charge is -2.24. The van der Waals surface area contributed by atoms with Gasteiger partial charge in [0, 0.05) is 17.3 Å². The van der Waals surface area contributed by atoms with Crippen molar-refractivity contribution in [3.8, 4) is 0 Å². The van der Waals surface area contributed by atoms with Crippen molar-refractivity contribution < 1.29 is 9.90 Å². The van der Waals surface area contributed by atoms with E-state index in [0.29, 0.717) is 18.3 Å². The molecule has 2 rings (SSSR count). The summed E-state index contributed by atoms with van der Waals surface area (Å²) in [5.74, 6) is 0.121. The van der Waals surface area contributed by atoms with E-state index in [2.05, 4.69) is 24.0 Å². The fraction of sp³-hybridized carbons (Fsp3) is 0.400. The van der Waals surface area contributed by atoms with E-state index < -0.39 is 5.97 Å². The molecule has 0 amide bonds. The second kappa shape index (κ2) is 5.86. The maximum atomic E-state index is 11.1. The van der Waals surface area contributed by atoms with Crippen molar-refractivity contribution in [1.82, 2.24) is 10.2 Å². The van der Waals surface area contributed by atoms with E-state index >= 15 is 0 Å². The molecule has 5 heteroatoms. The van der Waals surface area contributed by atoms with Crippen LogP contribution in [0.25, 0.3) is 10.8 Å². The highest BCUT2D eigenvalue weighted by atomic mass is 16.4. The molecule has 0 atom stereocenters. The van der Waals surface area contributed by atoms with Gasteiger partial charge in [-0.2, -0.15) is 5.10 Å². The molecule has 1 aromatic heterocycles. The number of carboxylic acid groups (broad SMARTS) is 1. The fourth-order valence-corrected chi connectivity index (χ4v) is 2.29. The maximum absolute atomic E-state index is 11.1. The van der Waals surface area contributed by atoms with Crippen LogP contribution in [0.15, 0.2) is 24.3 Å². The van der Waals surface area contributed by atoms with Gasteiger partial charge >= 0.3 is 5.97 Å². The number of carboxylic acids is 1. The molecule has 20 heavy (non-hydrogen) atoms. The second-order valence-corrected chi connectivity index (χ2v) is 5.32. The predicted molar refractivity (Wildman–Crippen MR) is 79.0 cm³/mol. The molecule has 1 aromatic carbocycles. The van der Waals surface area contributed by atoms with Gasteiger partial charge in [-0.15, -0.1) is 5.10 Å². The molecule has 2 aromatic rings. The number of anilines is 1. The Morgan fingerprint density at radius 2 is 1.90 bits per heavy atom. The van der Waals surface area contributed by atoms with Crippen LogP contribution in [0.5, 0.6) is 0 Å². The SMILES string of the molecule is Cc1nnc(N(CC(=O)O)CC(C)C)c2ccccc12. The van der Waals surface area contributed by atoms with Crippen molar-refractivity contribution in [2.75, 3.05) is 18.0 Å². The van der Waals surface area contributed by atoms with Gasteiger partial charge in [0.05, 0.1) is 5.69 Å². The zero-order valence-electron chi connectivity index (χ0n) is 12.0. The number of fused-ring (bicyclic) bond motifs is 1. The summed E-state index contributed by atoms with van der Waals surface area (Å²) in [6, 6.07) is 7.82. The van der Waals surface area contributed by atoms with Crippen LogP contribution in [0.4, 0.5) is 5.82 Å². The first-order chi connectivity index (χ1) is 9.49. The third-order valence-electron chi connectivity index (χ3n) is 3.06. The monoisotopic (exact) mass is 273 g/mol. The zero-order chi connectivity index (χ0) is 14.7. The lowest BCUT2D eigenvalue weighted by Crippen LogP contribution is -2.34. The number of aliphatic carboxylic acids is 1. The van der Waals surface area contributed by atoms with E-state index in [1.54, 1.807) is 4.90 Å². The number of aromatic nitrogens is 2. The molecule has 0 saturated heterocycles. The molecule has 0 aliphatic rings. The average Bonchev–Trinajstić information content (AvgIpc) is 2.37. The number of aryl methyl sites for hydroxylation is 1. The van der Waals surface area contributed by atoms with Crippen LogP contribution in [0.3, 0.4) is 0 Å². The summed E-state index contributed by atoms with van der Waals surface area (Å²) in [4.78, 5) is 12.9. The summed E-state index contributed by atoms with van der Waals surface area (Å²) in [5, 5.41) is 19.4. The normalized spacial score (nSPS) is 11.0. The fourth-order valence-electron chi connectivity index (χ4n) is 2.29. The lowest BCUT2D eigenvalue weighted by molar-refractivity contribution is -0.135. The quantitative estimate of drug-likeness (QED) is 0.906. The molecule has 0 saturated carbocycles. The summed E-state index contributed by atoms with van der Waals surface area (Å²) in [6.45, 7) is 6.58. The van der Waals surface area contributed by atoms with E-state index in [9.17, 15) is 4.79 Å². The van der Waals surface area contributed by atoms with Crippen LogP contribution in [-0.2, 0) is 4.79 Å². The minimum absolute atomic E-state index is 0.0695. The highest BCUT2D eigenvalue weighted by Crippen LogP contribution is 2.25. The van der Waals surface area contributed by atoms with E-state index in [1.165, 1.54) is 0 Å². The van der Waals surface area contributed by atoms with Crippen LogP contribution >= 0.6 is 0 Å². The highest BCUT2D eigenvalue weighted by Gasteiger charge is 2.17. The Kier molecular flexibility index (Phi) is 4.17. The Hall–Kier alpha value is -2.17. The second-order valence-electron chi connectivity index (χ2n) is 5.32. The van der Waals surface area contributed by atoms with E-state index in [4.69, 9.17) is 5.11 Å². The van der Waals surface area contributed by atoms with Crippen LogP contribution in [-0.4, -0.2) is 34.4 Å². The summed E-state index contributed by atoms with van der Waals surface area (Å²) < 4.78 is 0. The van der Waals surface area contributed by atoms with E-state index in [0.717, 1.165) is 16.5 Å². The Morgan fingerprint density at radius 1 is 1.25 bits per heavy atom. The van der Waals surface area contributed by atoms with Gasteiger partial charge in [0.1, 0.15) is 6.54 Å². The molecule has 0 aliphatic carbocycles. The first-order valence-electron chi connectivity index (χ1n) is 6.67. The first-order valence-corrected chi connectivity index (χ1v) is 6.67. The standard InChI is InChI=1S/C15H19N3O2/c1-10(2)8-18(9-14(19)20)15-13-7-5-4-6-12(13)11(3)16-17-15/h4-7,10H,8-9H2,1-3H3,(H,19,20). The number of rotatable bonds is 5. The number of hydrogen-bond acceptors (Lipinski definition) is 4. The summed E-state index contributed by atoms with van der Waals surface area (Å²) in [6.07, 6.45) is 0. The number of carbonyl (C=O) groups is 1. The minimum atomic E-state index is -0.864. The Balaban J connectivity index is 2.52. The van der Waals surface area contributed by atoms with Gasteiger partial charge in [-0.3, -0.25) is 4.79 Å². The molecule has 0 spiro atoms. The van der Waals surface area contributed by atoms with Crippen molar-refractivity contribution in [1.29, 1.82) is 0 Å². The van der Waals surface area contributed by atoms with Crippen LogP contribution in [0.2, 0.25) is 0 Å². The summed E-state index contributed by atoms with van der Waals surface area (Å²) in [7, 11) is 0. The van der Waals surface area contributed by atoms with Gasteiger partial charge in [0.15, 0.2) is 5.82 Å². The average molecular weight is 273 g/mol. The Labute approximate surface area is 118 Å². The van der Waals surface area contributed by atoms with Gasteiger partial charge in [0.2, 0.25) is 0 Å². The number of benzene rings is 1. The smallest absolute Gasteiger partial charge is 0.323 e. The molecular formula is C15H19N3O2. The van der Waals surface area contributed by atoms with Crippen LogP contribution in [0, 0.1) is 12.8 Å². The predicted octanol–water partition coefficient (Wildman–Crippen LogP) is 2.49. The van der Waals surface area contributed by atoms with Crippen molar-refractivity contribution in [2.24, 2.45) is 5.92 Å². The van der Waals surface area contributed by atoms with Crippen LogP contribution in [0.1, 0.15) is 19.5 Å². The molecule has 1 N–H and O–H groups in total. The third-order valence-corrected chi connectivity index (χ3v) is 3.06. The van der Waals surface area contributed by atoms with Gasteiger partial charge in [-0.1, -0.05) is 38.1 Å². The maximum Gasteiger partial charge on any atom is 0.323 e. The third kappa shape index (κ3) is 3.04. The van der Waals surface area contributed by atoms with E-state index in [1.807, 2.05) is 31.2 Å². The van der Waals surface area contributed by atoms with Crippen LogP contribution < -0.4 is 4.90 Å². The van der Waals surface area contributed by atoms with Gasteiger partial charge in [-0.25, -0.2) is 0 Å². The molecule has 106 valence electrons. The first kappa shape index (κ1) is 14.2. The molecular weight excluding hydrogens is 254 g/mol. The largest absolute Gasteiger partial charge is 0.480 e. The Morgan fingerprint density at radius 3 is 2.50 bits per heavy atom. The zero-order valence-corrected chi connectivity index (χ0v) is 12.0. The Bertz CT molecular complexity index is 626. The van der Waals surface area contributed by atoms with Gasteiger partial charge < -0.3 is 10.0 Å². The molecule has 5 nitrogen and oxygen atoms in total. The minimum Gasteiger partial charge on any atom is -0.480 e. The molecule has 0 aliphatic heterocycles. The molecule has 1 heterocycles. The van der Waals surface area contributed by atoms with Crippen molar-refractivity contribution >= 4 is 22.6 Å². The van der Waals surface area contributed by atoms with Crippen molar-refractivity contribution in [2.45, 2.75) is 20.8 Å². The van der Waals surface area contributed by atoms with Gasteiger partial charge in [0.25, 0.3) is 0 Å². The summed E-state index contributed by atoms with van der Waals surface area (Å²) >= 11 is 0. The van der Waals surface area contributed by atoms with Crippen molar-refractivity contribution in [3.63, 3.8) is 0 Å². The molecule has 0 fully saturated rings. The lowest BCUT2D eigenvalue weighted by atomic mass is 10.1. The highest BCUT2D eigenvalue weighted by molar-refractivity contribution is 5.94. The number of hydrogen-bond donors (Lipinski definition) is 1. The molecule has 0 bridgehead atoms. The van der Waals surface area contributed by atoms with Gasteiger partial charge in [-0.05, 0) is 12.8 Å². The molecule has 0 unspecified atom stereocenters. The number of nitrogens with zero attached hydrogens (tertiary/aromatic N) is 3. The van der Waals surface area contributed by atoms with Crippen molar-refractivity contribution in [3.05, 3.63) is 30.0 Å². The summed E-state index contributed by atoms with van der Waals surface area (Å²) in [5.41, 5.74) is 0.851.